The molecule has 1 aliphatic rings. The van der Waals surface area contributed by atoms with Gasteiger partial charge in [-0.25, -0.2) is 0 Å². The van der Waals surface area contributed by atoms with Crippen LogP contribution in [-0.4, -0.2) is 36.1 Å². The Morgan fingerprint density at radius 3 is 2.69 bits per heavy atom. The molecule has 1 atom stereocenters. The Labute approximate surface area is 151 Å². The molecule has 6 heteroatoms. The lowest BCUT2D eigenvalue weighted by molar-refractivity contribution is -0.142. The molecule has 1 N–H and O–H groups in total. The predicted molar refractivity (Wildman–Crippen MR) is 94.6 cm³/mol. The predicted octanol–water partition coefficient (Wildman–Crippen LogP) is 1.50. The Bertz CT molecular complexity index is 930. The first-order valence-electron chi connectivity index (χ1n) is 8.16. The van der Waals surface area contributed by atoms with Gasteiger partial charge in [0, 0.05) is 20.1 Å². The van der Waals surface area contributed by atoms with Gasteiger partial charge in [-0.05, 0) is 28.8 Å². The van der Waals surface area contributed by atoms with Gasteiger partial charge in [-0.3, -0.25) is 14.4 Å². The second kappa shape index (κ2) is 7.19. The smallest absolute Gasteiger partial charge is 0.290 e. The SMILES string of the molecule is CN1CC(C(=O)NCc2cccc(-c3ccccc3C#N)c2)C(=O)C1=O. The van der Waals surface area contributed by atoms with Crippen molar-refractivity contribution in [1.29, 1.82) is 5.26 Å². The summed E-state index contributed by atoms with van der Waals surface area (Å²) in [6, 6.07) is 17.0. The van der Waals surface area contributed by atoms with E-state index in [4.69, 9.17) is 0 Å². The van der Waals surface area contributed by atoms with E-state index in [1.54, 1.807) is 6.07 Å². The fourth-order valence-corrected chi connectivity index (χ4v) is 2.97. The second-order valence-electron chi connectivity index (χ2n) is 6.18. The maximum Gasteiger partial charge on any atom is 0.290 e. The van der Waals surface area contributed by atoms with Crippen molar-refractivity contribution in [2.75, 3.05) is 13.6 Å². The summed E-state index contributed by atoms with van der Waals surface area (Å²) in [5.74, 6) is -2.69. The van der Waals surface area contributed by atoms with E-state index in [1.807, 2.05) is 42.5 Å². The van der Waals surface area contributed by atoms with Gasteiger partial charge in [-0.1, -0.05) is 36.4 Å². The first-order valence-corrected chi connectivity index (χ1v) is 8.16. The van der Waals surface area contributed by atoms with Crippen molar-refractivity contribution >= 4 is 17.6 Å². The maximum atomic E-state index is 12.2. The summed E-state index contributed by atoms with van der Waals surface area (Å²) in [5, 5.41) is 12.0. The van der Waals surface area contributed by atoms with Crippen LogP contribution in [0.2, 0.25) is 0 Å². The molecule has 0 radical (unpaired) electrons. The molecule has 2 amide bonds. The third kappa shape index (κ3) is 3.33. The number of carbonyl (C=O) groups excluding carboxylic acids is 3. The van der Waals surface area contributed by atoms with Gasteiger partial charge >= 0.3 is 0 Å². The van der Waals surface area contributed by atoms with Crippen molar-refractivity contribution in [3.05, 3.63) is 59.7 Å². The Kier molecular flexibility index (Phi) is 4.81. The summed E-state index contributed by atoms with van der Waals surface area (Å²) < 4.78 is 0. The number of nitriles is 1. The number of hydrogen-bond acceptors (Lipinski definition) is 4. The lowest BCUT2D eigenvalue weighted by Gasteiger charge is -2.11. The summed E-state index contributed by atoms with van der Waals surface area (Å²) in [6.07, 6.45) is 0. The van der Waals surface area contributed by atoms with Crippen molar-refractivity contribution in [3.8, 4) is 17.2 Å². The highest BCUT2D eigenvalue weighted by atomic mass is 16.2. The molecule has 0 spiro atoms. The topological polar surface area (TPSA) is 90.3 Å². The molecule has 0 bridgehead atoms. The average Bonchev–Trinajstić information content (AvgIpc) is 2.93. The minimum Gasteiger partial charge on any atom is -0.351 e. The third-order valence-electron chi connectivity index (χ3n) is 4.40. The van der Waals surface area contributed by atoms with Crippen LogP contribution in [0.5, 0.6) is 0 Å². The van der Waals surface area contributed by atoms with Crippen LogP contribution >= 0.6 is 0 Å². The molecule has 0 saturated carbocycles. The van der Waals surface area contributed by atoms with Crippen molar-refractivity contribution in [1.82, 2.24) is 10.2 Å². The van der Waals surface area contributed by atoms with Crippen LogP contribution in [0, 0.1) is 17.2 Å². The first-order chi connectivity index (χ1) is 12.5. The molecule has 1 saturated heterocycles. The van der Waals surface area contributed by atoms with Gasteiger partial charge in [0.1, 0.15) is 5.92 Å². The lowest BCUT2D eigenvalue weighted by Crippen LogP contribution is -2.35. The largest absolute Gasteiger partial charge is 0.351 e. The van der Waals surface area contributed by atoms with E-state index in [9.17, 15) is 19.6 Å². The molecule has 2 aromatic rings. The number of amides is 2. The highest BCUT2D eigenvalue weighted by Crippen LogP contribution is 2.24. The molecule has 26 heavy (non-hydrogen) atoms. The summed E-state index contributed by atoms with van der Waals surface area (Å²) >= 11 is 0. The zero-order chi connectivity index (χ0) is 18.7. The highest BCUT2D eigenvalue weighted by molar-refractivity contribution is 6.42. The molecule has 0 aromatic heterocycles. The van der Waals surface area contributed by atoms with Gasteiger partial charge in [0.15, 0.2) is 0 Å². The van der Waals surface area contributed by atoms with Gasteiger partial charge in [0.2, 0.25) is 11.7 Å². The number of likely N-dealkylation sites (N-methyl/N-ethyl adjacent to an activating group) is 1. The van der Waals surface area contributed by atoms with Gasteiger partial charge < -0.3 is 10.2 Å². The van der Waals surface area contributed by atoms with Gasteiger partial charge in [0.25, 0.3) is 5.91 Å². The number of rotatable bonds is 4. The normalized spacial score (nSPS) is 16.5. The molecule has 6 nitrogen and oxygen atoms in total. The molecule has 2 aromatic carbocycles. The number of nitrogens with zero attached hydrogens (tertiary/aromatic N) is 2. The van der Waals surface area contributed by atoms with E-state index in [0.29, 0.717) is 5.56 Å². The van der Waals surface area contributed by atoms with E-state index in [-0.39, 0.29) is 13.1 Å². The molecule has 1 unspecified atom stereocenters. The molecule has 0 aliphatic carbocycles. The van der Waals surface area contributed by atoms with Crippen molar-refractivity contribution in [3.63, 3.8) is 0 Å². The Morgan fingerprint density at radius 2 is 2.00 bits per heavy atom. The zero-order valence-electron chi connectivity index (χ0n) is 14.2. The van der Waals surface area contributed by atoms with E-state index < -0.39 is 23.5 Å². The monoisotopic (exact) mass is 347 g/mol. The number of benzene rings is 2. The quantitative estimate of drug-likeness (QED) is 0.670. The molecular weight excluding hydrogens is 330 g/mol. The van der Waals surface area contributed by atoms with E-state index in [0.717, 1.165) is 16.7 Å². The minimum absolute atomic E-state index is 0.110. The zero-order valence-corrected chi connectivity index (χ0v) is 14.2. The fourth-order valence-electron chi connectivity index (χ4n) is 2.97. The molecule has 1 fully saturated rings. The molecular formula is C20H17N3O3. The molecule has 130 valence electrons. The van der Waals surface area contributed by atoms with Crippen LogP contribution < -0.4 is 5.32 Å². The third-order valence-corrected chi connectivity index (χ3v) is 4.40. The summed E-state index contributed by atoms with van der Waals surface area (Å²) in [4.78, 5) is 36.8. The van der Waals surface area contributed by atoms with Gasteiger partial charge in [0.05, 0.1) is 11.6 Å². The van der Waals surface area contributed by atoms with Crippen molar-refractivity contribution in [2.24, 2.45) is 5.92 Å². The number of carbonyl (C=O) groups is 3. The molecule has 3 rings (SSSR count). The van der Waals surface area contributed by atoms with E-state index in [1.165, 1.54) is 11.9 Å². The highest BCUT2D eigenvalue weighted by Gasteiger charge is 2.41. The van der Waals surface area contributed by atoms with Gasteiger partial charge in [-0.15, -0.1) is 0 Å². The number of hydrogen-bond donors (Lipinski definition) is 1. The molecule has 1 heterocycles. The Morgan fingerprint density at radius 1 is 1.23 bits per heavy atom. The minimum atomic E-state index is -0.949. The van der Waals surface area contributed by atoms with E-state index >= 15 is 0 Å². The van der Waals surface area contributed by atoms with Crippen LogP contribution in [-0.2, 0) is 20.9 Å². The van der Waals surface area contributed by atoms with E-state index in [2.05, 4.69) is 11.4 Å². The number of Topliss-reactive ketones (excluding diaryl/α,β-unsaturated/α-hetero) is 1. The Hall–Kier alpha value is -3.46. The van der Waals surface area contributed by atoms with Crippen LogP contribution in [0.25, 0.3) is 11.1 Å². The number of ketones is 1. The number of nitrogens with one attached hydrogen (secondary N) is 1. The fraction of sp³-hybridized carbons (Fsp3) is 0.200. The Balaban J connectivity index is 1.72. The van der Waals surface area contributed by atoms with Crippen molar-refractivity contribution in [2.45, 2.75) is 6.54 Å². The van der Waals surface area contributed by atoms with Crippen LogP contribution in [0.4, 0.5) is 0 Å². The summed E-state index contributed by atoms with van der Waals surface area (Å²) in [6.45, 7) is 0.349. The second-order valence-corrected chi connectivity index (χ2v) is 6.18. The van der Waals surface area contributed by atoms with Crippen LogP contribution in [0.15, 0.2) is 48.5 Å². The van der Waals surface area contributed by atoms with Crippen molar-refractivity contribution < 1.29 is 14.4 Å². The summed E-state index contributed by atoms with van der Waals surface area (Å²) in [7, 11) is 1.50. The van der Waals surface area contributed by atoms with Gasteiger partial charge in [-0.2, -0.15) is 5.26 Å². The first kappa shape index (κ1) is 17.4. The van der Waals surface area contributed by atoms with Crippen LogP contribution in [0.3, 0.4) is 0 Å². The number of likely N-dealkylation sites (tertiary alicyclic amines) is 1. The van der Waals surface area contributed by atoms with Crippen LogP contribution in [0.1, 0.15) is 11.1 Å². The standard InChI is InChI=1S/C20H17N3O3/c1-23-12-17(18(24)20(23)26)19(25)22-11-13-5-4-7-14(9-13)16-8-3-2-6-15(16)10-21/h2-9,17H,11-12H2,1H3,(H,22,25). The lowest BCUT2D eigenvalue weighted by atomic mass is 9.98. The average molecular weight is 347 g/mol. The molecule has 1 aliphatic heterocycles. The maximum absolute atomic E-state index is 12.2. The summed E-state index contributed by atoms with van der Waals surface area (Å²) in [5.41, 5.74) is 3.11.